The number of hydrogen-bond acceptors (Lipinski definition) is 1. The zero-order valence-corrected chi connectivity index (χ0v) is 13.3. The molecule has 0 saturated heterocycles. The Kier molecular flexibility index (Phi) is 4.32. The minimum Gasteiger partial charge on any atom is -0.353 e. The molecule has 0 spiro atoms. The Labute approximate surface area is 128 Å². The van der Waals surface area contributed by atoms with Crippen molar-refractivity contribution in [2.24, 2.45) is 11.8 Å². The van der Waals surface area contributed by atoms with Gasteiger partial charge in [0.05, 0.1) is 0 Å². The Hall–Kier alpha value is -1.31. The van der Waals surface area contributed by atoms with Crippen LogP contribution in [-0.2, 0) is 11.2 Å². The fourth-order valence-electron chi connectivity index (χ4n) is 4.03. The maximum absolute atomic E-state index is 12.1. The molecule has 1 amide bonds. The van der Waals surface area contributed by atoms with Gasteiger partial charge in [0.1, 0.15) is 0 Å². The molecule has 2 fully saturated rings. The SMILES string of the molecule is CC(C)c1ccc(CCC(=O)N[C@H]2C[C@@H]3CC[C@@H]2C3)cc1. The predicted molar refractivity (Wildman–Crippen MR) is 86.2 cm³/mol. The van der Waals surface area contributed by atoms with Crippen LogP contribution < -0.4 is 5.32 Å². The summed E-state index contributed by atoms with van der Waals surface area (Å²) in [5.74, 6) is 2.47. The van der Waals surface area contributed by atoms with Crippen molar-refractivity contribution in [1.82, 2.24) is 5.32 Å². The van der Waals surface area contributed by atoms with Crippen molar-refractivity contribution in [3.63, 3.8) is 0 Å². The summed E-state index contributed by atoms with van der Waals surface area (Å²) in [6.07, 6.45) is 6.76. The highest BCUT2D eigenvalue weighted by molar-refractivity contribution is 5.76. The van der Waals surface area contributed by atoms with E-state index in [1.165, 1.54) is 36.8 Å². The van der Waals surface area contributed by atoms with E-state index < -0.39 is 0 Å². The second-order valence-electron chi connectivity index (χ2n) is 7.25. The minimum atomic E-state index is 0.237. The average Bonchev–Trinajstić information content (AvgIpc) is 3.08. The maximum atomic E-state index is 12.1. The first-order valence-corrected chi connectivity index (χ1v) is 8.50. The third kappa shape index (κ3) is 3.48. The van der Waals surface area contributed by atoms with Gasteiger partial charge in [-0.3, -0.25) is 4.79 Å². The van der Waals surface area contributed by atoms with E-state index >= 15 is 0 Å². The summed E-state index contributed by atoms with van der Waals surface area (Å²) in [5.41, 5.74) is 2.63. The molecule has 2 heteroatoms. The number of benzene rings is 1. The smallest absolute Gasteiger partial charge is 0.220 e. The molecule has 0 heterocycles. The van der Waals surface area contributed by atoms with Gasteiger partial charge in [0.25, 0.3) is 0 Å². The number of hydrogen-bond donors (Lipinski definition) is 1. The zero-order chi connectivity index (χ0) is 14.8. The van der Waals surface area contributed by atoms with Gasteiger partial charge < -0.3 is 5.32 Å². The summed E-state index contributed by atoms with van der Waals surface area (Å²) < 4.78 is 0. The van der Waals surface area contributed by atoms with Crippen LogP contribution in [-0.4, -0.2) is 11.9 Å². The minimum absolute atomic E-state index is 0.237. The van der Waals surface area contributed by atoms with Gasteiger partial charge in [-0.05, 0) is 54.6 Å². The topological polar surface area (TPSA) is 29.1 Å². The number of amides is 1. The number of carbonyl (C=O) groups excluding carboxylic acids is 1. The fraction of sp³-hybridized carbons (Fsp3) is 0.632. The van der Waals surface area contributed by atoms with Crippen LogP contribution in [0.1, 0.15) is 63.0 Å². The lowest BCUT2D eigenvalue weighted by Gasteiger charge is -2.22. The Morgan fingerprint density at radius 3 is 2.52 bits per heavy atom. The lowest BCUT2D eigenvalue weighted by molar-refractivity contribution is -0.122. The fourth-order valence-corrected chi connectivity index (χ4v) is 4.03. The second-order valence-corrected chi connectivity index (χ2v) is 7.25. The van der Waals surface area contributed by atoms with E-state index in [9.17, 15) is 4.79 Å². The van der Waals surface area contributed by atoms with Crippen LogP contribution in [0.25, 0.3) is 0 Å². The standard InChI is InChI=1S/C19H27NO/c1-13(2)16-7-3-14(4-8-16)6-10-19(21)20-18-12-15-5-9-17(18)11-15/h3-4,7-8,13,15,17-18H,5-6,9-12H2,1-2H3,(H,20,21)/t15-,17-,18+/m1/s1. The lowest BCUT2D eigenvalue weighted by Crippen LogP contribution is -2.38. The number of carbonyl (C=O) groups is 1. The van der Waals surface area contributed by atoms with E-state index in [0.717, 1.165) is 18.3 Å². The number of rotatable bonds is 5. The van der Waals surface area contributed by atoms with Crippen LogP contribution in [0.4, 0.5) is 0 Å². The molecule has 114 valence electrons. The van der Waals surface area contributed by atoms with Gasteiger partial charge in [0.15, 0.2) is 0 Å². The van der Waals surface area contributed by atoms with Crippen LogP contribution in [0.15, 0.2) is 24.3 Å². The van der Waals surface area contributed by atoms with Gasteiger partial charge in [-0.25, -0.2) is 0 Å². The van der Waals surface area contributed by atoms with Gasteiger partial charge in [-0.2, -0.15) is 0 Å². The molecule has 1 N–H and O–H groups in total. The van der Waals surface area contributed by atoms with Gasteiger partial charge in [0.2, 0.25) is 5.91 Å². The van der Waals surface area contributed by atoms with Crippen molar-refractivity contribution < 1.29 is 4.79 Å². The van der Waals surface area contributed by atoms with Crippen molar-refractivity contribution in [2.75, 3.05) is 0 Å². The first kappa shape index (κ1) is 14.6. The second kappa shape index (κ2) is 6.21. The number of aryl methyl sites for hydroxylation is 1. The highest BCUT2D eigenvalue weighted by Crippen LogP contribution is 2.44. The summed E-state index contributed by atoms with van der Waals surface area (Å²) in [7, 11) is 0. The first-order valence-electron chi connectivity index (χ1n) is 8.50. The molecule has 2 saturated carbocycles. The third-order valence-corrected chi connectivity index (χ3v) is 5.37. The molecule has 1 aromatic rings. The molecule has 2 nitrogen and oxygen atoms in total. The van der Waals surface area contributed by atoms with Crippen molar-refractivity contribution >= 4 is 5.91 Å². The van der Waals surface area contributed by atoms with Gasteiger partial charge in [-0.1, -0.05) is 44.5 Å². The maximum Gasteiger partial charge on any atom is 0.220 e. The molecular formula is C19H27NO. The molecule has 2 aliphatic rings. The number of nitrogens with one attached hydrogen (secondary N) is 1. The van der Waals surface area contributed by atoms with Crippen LogP contribution in [0.3, 0.4) is 0 Å². The molecule has 0 radical (unpaired) electrons. The number of fused-ring (bicyclic) bond motifs is 2. The van der Waals surface area contributed by atoms with E-state index in [-0.39, 0.29) is 5.91 Å². The van der Waals surface area contributed by atoms with Crippen LogP contribution in [0.5, 0.6) is 0 Å². The van der Waals surface area contributed by atoms with Gasteiger partial charge in [0, 0.05) is 12.5 Å². The predicted octanol–water partition coefficient (Wildman–Crippen LogP) is 4.05. The Morgan fingerprint density at radius 2 is 1.95 bits per heavy atom. The van der Waals surface area contributed by atoms with Crippen molar-refractivity contribution in [3.05, 3.63) is 35.4 Å². The Balaban J connectivity index is 1.45. The zero-order valence-electron chi connectivity index (χ0n) is 13.3. The summed E-state index contributed by atoms with van der Waals surface area (Å²) in [5, 5.41) is 3.27. The quantitative estimate of drug-likeness (QED) is 0.869. The van der Waals surface area contributed by atoms with E-state index in [1.54, 1.807) is 0 Å². The molecule has 0 aromatic heterocycles. The third-order valence-electron chi connectivity index (χ3n) is 5.37. The first-order chi connectivity index (χ1) is 10.1. The Morgan fingerprint density at radius 1 is 1.19 bits per heavy atom. The highest BCUT2D eigenvalue weighted by Gasteiger charge is 2.39. The monoisotopic (exact) mass is 285 g/mol. The molecule has 3 atom stereocenters. The molecule has 1 aromatic carbocycles. The summed E-state index contributed by atoms with van der Waals surface area (Å²) in [4.78, 5) is 12.1. The molecule has 2 aliphatic carbocycles. The van der Waals surface area contributed by atoms with Crippen LogP contribution in [0.2, 0.25) is 0 Å². The molecule has 0 aliphatic heterocycles. The van der Waals surface area contributed by atoms with Crippen LogP contribution in [0, 0.1) is 11.8 Å². The largest absolute Gasteiger partial charge is 0.353 e. The normalized spacial score (nSPS) is 27.3. The summed E-state index contributed by atoms with van der Waals surface area (Å²) >= 11 is 0. The highest BCUT2D eigenvalue weighted by atomic mass is 16.1. The molecular weight excluding hydrogens is 258 g/mol. The van der Waals surface area contributed by atoms with Crippen LogP contribution >= 0.6 is 0 Å². The van der Waals surface area contributed by atoms with E-state index in [1.807, 2.05) is 0 Å². The molecule has 21 heavy (non-hydrogen) atoms. The molecule has 0 unspecified atom stereocenters. The van der Waals surface area contributed by atoms with Gasteiger partial charge >= 0.3 is 0 Å². The van der Waals surface area contributed by atoms with Crippen molar-refractivity contribution in [2.45, 2.75) is 64.3 Å². The van der Waals surface area contributed by atoms with Gasteiger partial charge in [-0.15, -0.1) is 0 Å². The average molecular weight is 285 g/mol. The van der Waals surface area contributed by atoms with E-state index in [0.29, 0.717) is 18.4 Å². The molecule has 3 rings (SSSR count). The Bertz CT molecular complexity index is 491. The van der Waals surface area contributed by atoms with Crippen molar-refractivity contribution in [3.8, 4) is 0 Å². The lowest BCUT2D eigenvalue weighted by atomic mass is 9.95. The molecule has 2 bridgehead atoms. The van der Waals surface area contributed by atoms with Crippen molar-refractivity contribution in [1.29, 1.82) is 0 Å². The van der Waals surface area contributed by atoms with E-state index in [2.05, 4.69) is 43.4 Å². The summed E-state index contributed by atoms with van der Waals surface area (Å²) in [6.45, 7) is 4.41. The van der Waals surface area contributed by atoms with E-state index in [4.69, 9.17) is 0 Å². The summed E-state index contributed by atoms with van der Waals surface area (Å²) in [6, 6.07) is 9.18.